The normalized spacial score (nSPS) is 15.8. The van der Waals surface area contributed by atoms with Crippen molar-refractivity contribution in [2.45, 2.75) is 19.8 Å². The first-order chi connectivity index (χ1) is 10.6. The molecule has 23 heavy (non-hydrogen) atoms. The number of hydrogen-bond donors (Lipinski definition) is 2. The van der Waals surface area contributed by atoms with Gasteiger partial charge in [0.1, 0.15) is 5.82 Å². The molecule has 1 aliphatic heterocycles. The molecule has 0 unspecified atom stereocenters. The Morgan fingerprint density at radius 2 is 1.91 bits per heavy atom. The second-order valence-corrected chi connectivity index (χ2v) is 5.63. The molecule has 1 aromatic carbocycles. The summed E-state index contributed by atoms with van der Waals surface area (Å²) in [6.45, 7) is 4.31. The van der Waals surface area contributed by atoms with Crippen molar-refractivity contribution in [2.75, 3.05) is 32.0 Å². The molecule has 0 radical (unpaired) electrons. The van der Waals surface area contributed by atoms with Crippen LogP contribution in [-0.4, -0.2) is 43.4 Å². The number of nitrogens with zero attached hydrogens (tertiary/aromatic N) is 2. The number of benzene rings is 1. The van der Waals surface area contributed by atoms with Crippen LogP contribution in [0, 0.1) is 11.7 Å². The summed E-state index contributed by atoms with van der Waals surface area (Å²) in [7, 11) is 1.72. The maximum atomic E-state index is 12.8. The van der Waals surface area contributed by atoms with E-state index in [9.17, 15) is 9.18 Å². The molecule has 0 aromatic heterocycles. The highest BCUT2D eigenvalue weighted by atomic mass is 127. The molecule has 1 aromatic rings. The summed E-state index contributed by atoms with van der Waals surface area (Å²) in [6, 6.07) is 5.70. The van der Waals surface area contributed by atoms with Crippen molar-refractivity contribution in [3.63, 3.8) is 0 Å². The van der Waals surface area contributed by atoms with E-state index in [1.807, 2.05) is 0 Å². The number of hydrogen-bond acceptors (Lipinski definition) is 2. The van der Waals surface area contributed by atoms with E-state index >= 15 is 0 Å². The third kappa shape index (κ3) is 6.32. The first-order valence-electron chi connectivity index (χ1n) is 7.59. The topological polar surface area (TPSA) is 56.7 Å². The summed E-state index contributed by atoms with van der Waals surface area (Å²) in [5, 5.41) is 5.79. The molecule has 1 fully saturated rings. The first-order valence-corrected chi connectivity index (χ1v) is 7.59. The number of likely N-dealkylation sites (tertiary alicyclic amines) is 1. The van der Waals surface area contributed by atoms with Crippen molar-refractivity contribution < 1.29 is 9.18 Å². The lowest BCUT2D eigenvalue weighted by Gasteiger charge is -2.32. The van der Waals surface area contributed by atoms with Gasteiger partial charge in [-0.05, 0) is 43.0 Å². The second kappa shape index (κ2) is 9.69. The van der Waals surface area contributed by atoms with Crippen LogP contribution in [0.3, 0.4) is 0 Å². The highest BCUT2D eigenvalue weighted by Gasteiger charge is 2.18. The summed E-state index contributed by atoms with van der Waals surface area (Å²) in [5.41, 5.74) is 0.579. The predicted molar refractivity (Wildman–Crippen MR) is 102 cm³/mol. The lowest BCUT2D eigenvalue weighted by Crippen LogP contribution is -2.47. The van der Waals surface area contributed by atoms with Crippen molar-refractivity contribution in [2.24, 2.45) is 10.9 Å². The number of piperidine rings is 1. The summed E-state index contributed by atoms with van der Waals surface area (Å²) in [5.74, 6) is 0.992. The van der Waals surface area contributed by atoms with Gasteiger partial charge in [-0.25, -0.2) is 4.39 Å². The summed E-state index contributed by atoms with van der Waals surface area (Å²) >= 11 is 0. The summed E-state index contributed by atoms with van der Waals surface area (Å²) in [6.07, 6.45) is 2.28. The number of carbonyl (C=O) groups is 1. The predicted octanol–water partition coefficient (Wildman–Crippen LogP) is 2.69. The van der Waals surface area contributed by atoms with Crippen LogP contribution in [0.15, 0.2) is 29.3 Å². The molecular formula is C16H24FIN4O. The molecule has 2 N–H and O–H groups in total. The molecular weight excluding hydrogens is 410 g/mol. The van der Waals surface area contributed by atoms with Gasteiger partial charge >= 0.3 is 0 Å². The number of anilines is 1. The SMILES string of the molecule is CN=C(NCC(=O)Nc1ccc(F)cc1)N1CCC(C)CC1.I. The molecule has 0 aliphatic carbocycles. The van der Waals surface area contributed by atoms with E-state index in [-0.39, 0.29) is 42.2 Å². The lowest BCUT2D eigenvalue weighted by molar-refractivity contribution is -0.115. The van der Waals surface area contributed by atoms with Gasteiger partial charge in [-0.2, -0.15) is 0 Å². The smallest absolute Gasteiger partial charge is 0.243 e. The first kappa shape index (κ1) is 19.7. The zero-order valence-corrected chi connectivity index (χ0v) is 15.8. The minimum atomic E-state index is -0.323. The Balaban J connectivity index is 0.00000264. The largest absolute Gasteiger partial charge is 0.347 e. The zero-order valence-electron chi connectivity index (χ0n) is 13.5. The van der Waals surface area contributed by atoms with Gasteiger partial charge in [0.15, 0.2) is 5.96 Å². The molecule has 0 atom stereocenters. The Morgan fingerprint density at radius 3 is 2.48 bits per heavy atom. The number of rotatable bonds is 3. The van der Waals surface area contributed by atoms with Gasteiger partial charge in [-0.3, -0.25) is 9.79 Å². The molecule has 5 nitrogen and oxygen atoms in total. The van der Waals surface area contributed by atoms with Gasteiger partial charge in [0, 0.05) is 25.8 Å². The molecule has 0 spiro atoms. The van der Waals surface area contributed by atoms with Gasteiger partial charge in [0.25, 0.3) is 0 Å². The molecule has 2 rings (SSSR count). The van der Waals surface area contributed by atoms with Crippen LogP contribution in [0.5, 0.6) is 0 Å². The van der Waals surface area contributed by atoms with Crippen LogP contribution >= 0.6 is 24.0 Å². The van der Waals surface area contributed by atoms with Gasteiger partial charge in [0.05, 0.1) is 6.54 Å². The van der Waals surface area contributed by atoms with Gasteiger partial charge < -0.3 is 15.5 Å². The van der Waals surface area contributed by atoms with Crippen molar-refractivity contribution >= 4 is 41.5 Å². The molecule has 1 saturated heterocycles. The highest BCUT2D eigenvalue weighted by Crippen LogP contribution is 2.15. The number of guanidine groups is 1. The summed E-state index contributed by atoms with van der Waals surface area (Å²) < 4.78 is 12.8. The quantitative estimate of drug-likeness (QED) is 0.437. The summed E-state index contributed by atoms with van der Waals surface area (Å²) in [4.78, 5) is 18.3. The Bertz CT molecular complexity index is 527. The fourth-order valence-corrected chi connectivity index (χ4v) is 2.45. The minimum Gasteiger partial charge on any atom is -0.347 e. The number of carbonyl (C=O) groups excluding carboxylic acids is 1. The minimum absolute atomic E-state index is 0. The number of nitrogens with one attached hydrogen (secondary N) is 2. The van der Waals surface area contributed by atoms with E-state index in [1.165, 1.54) is 24.3 Å². The fourth-order valence-electron chi connectivity index (χ4n) is 2.45. The van der Waals surface area contributed by atoms with Crippen LogP contribution in [0.2, 0.25) is 0 Å². The zero-order chi connectivity index (χ0) is 15.9. The maximum Gasteiger partial charge on any atom is 0.243 e. The van der Waals surface area contributed by atoms with E-state index in [1.54, 1.807) is 7.05 Å². The van der Waals surface area contributed by atoms with Gasteiger partial charge in [0.2, 0.25) is 5.91 Å². The monoisotopic (exact) mass is 434 g/mol. The average molecular weight is 434 g/mol. The average Bonchev–Trinajstić information content (AvgIpc) is 2.52. The Kier molecular flexibility index (Phi) is 8.29. The van der Waals surface area contributed by atoms with Crippen molar-refractivity contribution in [1.29, 1.82) is 0 Å². The van der Waals surface area contributed by atoms with Crippen LogP contribution in [0.25, 0.3) is 0 Å². The third-order valence-electron chi connectivity index (χ3n) is 3.83. The molecule has 1 amide bonds. The van der Waals surface area contributed by atoms with Crippen molar-refractivity contribution in [3.8, 4) is 0 Å². The van der Waals surface area contributed by atoms with Crippen LogP contribution in [-0.2, 0) is 4.79 Å². The van der Waals surface area contributed by atoms with E-state index in [4.69, 9.17) is 0 Å². The second-order valence-electron chi connectivity index (χ2n) is 5.63. The third-order valence-corrected chi connectivity index (χ3v) is 3.83. The van der Waals surface area contributed by atoms with Crippen LogP contribution < -0.4 is 10.6 Å². The molecule has 128 valence electrons. The van der Waals surface area contributed by atoms with Crippen molar-refractivity contribution in [3.05, 3.63) is 30.1 Å². The number of amides is 1. The van der Waals surface area contributed by atoms with E-state index in [0.29, 0.717) is 5.69 Å². The Morgan fingerprint density at radius 1 is 1.30 bits per heavy atom. The van der Waals surface area contributed by atoms with Crippen LogP contribution in [0.4, 0.5) is 10.1 Å². The number of aliphatic imine (C=N–C) groups is 1. The van der Waals surface area contributed by atoms with Gasteiger partial charge in [-0.1, -0.05) is 6.92 Å². The van der Waals surface area contributed by atoms with E-state index in [0.717, 1.165) is 37.8 Å². The van der Waals surface area contributed by atoms with E-state index < -0.39 is 0 Å². The number of halogens is 2. The van der Waals surface area contributed by atoms with Gasteiger partial charge in [-0.15, -0.1) is 24.0 Å². The highest BCUT2D eigenvalue weighted by molar-refractivity contribution is 14.0. The van der Waals surface area contributed by atoms with Crippen LogP contribution in [0.1, 0.15) is 19.8 Å². The molecule has 7 heteroatoms. The standard InChI is InChI=1S/C16H23FN4O.HI/c1-12-7-9-21(10-8-12)16(18-2)19-11-15(22)20-14-5-3-13(17)4-6-14;/h3-6,12H,7-11H2,1-2H3,(H,18,19)(H,20,22);1H. The molecule has 1 heterocycles. The molecule has 0 bridgehead atoms. The van der Waals surface area contributed by atoms with Crippen molar-refractivity contribution in [1.82, 2.24) is 10.2 Å². The Labute approximate surface area is 153 Å². The Hall–Kier alpha value is -1.38. The molecule has 0 saturated carbocycles. The van der Waals surface area contributed by atoms with E-state index in [2.05, 4.69) is 27.4 Å². The lowest BCUT2D eigenvalue weighted by atomic mass is 10.00. The fraction of sp³-hybridized carbons (Fsp3) is 0.500. The molecule has 1 aliphatic rings. The maximum absolute atomic E-state index is 12.8.